The molecule has 264 valence electrons. The van der Waals surface area contributed by atoms with Gasteiger partial charge >= 0.3 is 6.03 Å². The molecule has 4 amide bonds. The molecule has 0 bridgehead atoms. The monoisotopic (exact) mass is 742 g/mol. The molecule has 0 spiro atoms. The van der Waals surface area contributed by atoms with Gasteiger partial charge < -0.3 is 20.8 Å². The SMILES string of the molecule is O=C(Nc1cccc(C(=O)N=C2C=CC3=CC=CC(S(=O)(=O)O)C3=C2O)c1)Nc1cccc(C(=O)N=C2C=CC3=CC=CC(S(=O)(=O)O)C3=C2O)c1. The summed E-state index contributed by atoms with van der Waals surface area (Å²) in [5.74, 6) is -2.86. The summed E-state index contributed by atoms with van der Waals surface area (Å²) in [5, 5.41) is 23.6. The van der Waals surface area contributed by atoms with E-state index in [1.807, 2.05) is 0 Å². The van der Waals surface area contributed by atoms with E-state index in [2.05, 4.69) is 20.6 Å². The molecule has 0 saturated carbocycles. The number of benzene rings is 2. The number of rotatable bonds is 6. The number of urea groups is 1. The first-order chi connectivity index (χ1) is 24.6. The van der Waals surface area contributed by atoms with Gasteiger partial charge in [-0.15, -0.1) is 0 Å². The van der Waals surface area contributed by atoms with Crippen molar-refractivity contribution in [3.63, 3.8) is 0 Å². The molecule has 6 N–H and O–H groups in total. The number of anilines is 2. The minimum absolute atomic E-state index is 0.00386. The van der Waals surface area contributed by atoms with Gasteiger partial charge in [0.1, 0.15) is 33.4 Å². The van der Waals surface area contributed by atoms with Crippen molar-refractivity contribution in [3.8, 4) is 0 Å². The predicted molar refractivity (Wildman–Crippen MR) is 192 cm³/mol. The van der Waals surface area contributed by atoms with Crippen LogP contribution in [0.4, 0.5) is 16.2 Å². The average molecular weight is 743 g/mol. The Labute approximate surface area is 296 Å². The van der Waals surface area contributed by atoms with Crippen molar-refractivity contribution in [2.24, 2.45) is 9.98 Å². The highest BCUT2D eigenvalue weighted by Crippen LogP contribution is 2.33. The van der Waals surface area contributed by atoms with E-state index in [0.717, 1.165) is 0 Å². The van der Waals surface area contributed by atoms with Gasteiger partial charge in [0, 0.05) is 33.6 Å². The van der Waals surface area contributed by atoms with Crippen LogP contribution in [0.2, 0.25) is 0 Å². The zero-order chi connectivity index (χ0) is 37.4. The van der Waals surface area contributed by atoms with E-state index < -0.39 is 60.1 Å². The molecule has 52 heavy (non-hydrogen) atoms. The molecule has 0 aliphatic heterocycles. The Morgan fingerprint density at radius 2 is 1.02 bits per heavy atom. The summed E-state index contributed by atoms with van der Waals surface area (Å²) in [7, 11) is -9.25. The van der Waals surface area contributed by atoms with Gasteiger partial charge in [0.15, 0.2) is 0 Å². The maximum absolute atomic E-state index is 13.0. The summed E-state index contributed by atoms with van der Waals surface area (Å²) in [6.45, 7) is 0. The number of hydrogen-bond donors (Lipinski definition) is 6. The molecule has 0 fully saturated rings. The summed E-state index contributed by atoms with van der Waals surface area (Å²) < 4.78 is 66.8. The van der Waals surface area contributed by atoms with Crippen molar-refractivity contribution < 1.29 is 50.5 Å². The van der Waals surface area contributed by atoms with Crippen molar-refractivity contribution in [1.82, 2.24) is 0 Å². The molecule has 15 nitrogen and oxygen atoms in total. The van der Waals surface area contributed by atoms with E-state index in [1.165, 1.54) is 109 Å². The van der Waals surface area contributed by atoms with Gasteiger partial charge in [-0.1, -0.05) is 60.7 Å². The Morgan fingerprint density at radius 3 is 1.40 bits per heavy atom. The van der Waals surface area contributed by atoms with E-state index in [9.17, 15) is 50.5 Å². The zero-order valence-corrected chi connectivity index (χ0v) is 28.0. The van der Waals surface area contributed by atoms with Gasteiger partial charge in [0.2, 0.25) is 0 Å². The Kier molecular flexibility index (Phi) is 9.44. The van der Waals surface area contributed by atoms with Crippen LogP contribution in [0.5, 0.6) is 0 Å². The third-order valence-corrected chi connectivity index (χ3v) is 10.0. The summed E-state index contributed by atoms with van der Waals surface area (Å²) in [4.78, 5) is 46.7. The number of carbonyl (C=O) groups excluding carboxylic acids is 3. The number of allylic oxidation sites excluding steroid dienone is 10. The first-order valence-electron chi connectivity index (χ1n) is 15.1. The van der Waals surface area contributed by atoms with Gasteiger partial charge in [0.25, 0.3) is 32.1 Å². The highest BCUT2D eigenvalue weighted by molar-refractivity contribution is 7.87. The molecule has 2 unspecified atom stereocenters. The van der Waals surface area contributed by atoms with Crippen molar-refractivity contribution >= 4 is 60.9 Å². The Balaban J connectivity index is 1.15. The fourth-order valence-corrected chi connectivity index (χ4v) is 7.27. The average Bonchev–Trinajstić information content (AvgIpc) is 3.09. The molecule has 4 aliphatic carbocycles. The van der Waals surface area contributed by atoms with Gasteiger partial charge in [0.05, 0.1) is 0 Å². The minimum Gasteiger partial charge on any atom is -0.505 e. The fourth-order valence-electron chi connectivity index (χ4n) is 5.60. The molecule has 0 radical (unpaired) electrons. The molecular formula is C35H26N4O11S2. The van der Waals surface area contributed by atoms with E-state index in [-0.39, 0.29) is 45.1 Å². The Morgan fingerprint density at radius 1 is 0.615 bits per heavy atom. The molecule has 0 aromatic heterocycles. The number of carbonyl (C=O) groups is 3. The number of hydrogen-bond acceptors (Lipinski definition) is 9. The highest BCUT2D eigenvalue weighted by atomic mass is 32.2. The number of amides is 4. The molecular weight excluding hydrogens is 717 g/mol. The number of nitrogens with zero attached hydrogens (tertiary/aromatic N) is 2. The van der Waals surface area contributed by atoms with Gasteiger partial charge in [-0.2, -0.15) is 16.8 Å². The second kappa shape index (κ2) is 13.8. The summed E-state index contributed by atoms with van der Waals surface area (Å²) in [5.41, 5.74) is 0.235. The van der Waals surface area contributed by atoms with Crippen molar-refractivity contribution in [1.29, 1.82) is 0 Å². The van der Waals surface area contributed by atoms with E-state index in [4.69, 9.17) is 0 Å². The quantitative estimate of drug-likeness (QED) is 0.220. The lowest BCUT2D eigenvalue weighted by Gasteiger charge is -2.23. The van der Waals surface area contributed by atoms with Crippen LogP contribution in [-0.4, -0.2) is 75.9 Å². The van der Waals surface area contributed by atoms with Crippen LogP contribution in [0.25, 0.3) is 0 Å². The lowest BCUT2D eigenvalue weighted by Crippen LogP contribution is -2.27. The third kappa shape index (κ3) is 7.42. The fraction of sp³-hybridized carbons (Fsp3) is 0.0571. The number of nitrogens with one attached hydrogen (secondary N) is 2. The molecule has 17 heteroatoms. The van der Waals surface area contributed by atoms with Crippen molar-refractivity contribution in [3.05, 3.63) is 154 Å². The normalized spacial score (nSPS) is 21.0. The molecule has 2 aromatic rings. The largest absolute Gasteiger partial charge is 0.505 e. The summed E-state index contributed by atoms with van der Waals surface area (Å²) in [6.07, 6.45) is 13.7. The first kappa shape index (κ1) is 35.6. The van der Waals surface area contributed by atoms with E-state index >= 15 is 0 Å². The zero-order valence-electron chi connectivity index (χ0n) is 26.4. The van der Waals surface area contributed by atoms with Crippen LogP contribution in [0, 0.1) is 0 Å². The Hall–Kier alpha value is -6.27. The molecule has 6 rings (SSSR count). The van der Waals surface area contributed by atoms with Crippen LogP contribution in [0.1, 0.15) is 20.7 Å². The van der Waals surface area contributed by atoms with Gasteiger partial charge in [-0.05, 0) is 59.7 Å². The van der Waals surface area contributed by atoms with Crippen molar-refractivity contribution in [2.45, 2.75) is 10.5 Å². The molecule has 4 aliphatic rings. The highest BCUT2D eigenvalue weighted by Gasteiger charge is 2.35. The second-order valence-electron chi connectivity index (χ2n) is 11.4. The van der Waals surface area contributed by atoms with Gasteiger partial charge in [-0.25, -0.2) is 14.8 Å². The van der Waals surface area contributed by atoms with Crippen LogP contribution in [-0.2, 0) is 20.2 Å². The minimum atomic E-state index is -4.63. The van der Waals surface area contributed by atoms with Crippen LogP contribution < -0.4 is 10.6 Å². The summed E-state index contributed by atoms with van der Waals surface area (Å²) >= 11 is 0. The van der Waals surface area contributed by atoms with E-state index in [1.54, 1.807) is 0 Å². The molecule has 0 saturated heterocycles. The van der Waals surface area contributed by atoms with Crippen LogP contribution >= 0.6 is 0 Å². The predicted octanol–water partition coefficient (Wildman–Crippen LogP) is 4.76. The number of fused-ring (bicyclic) bond motifs is 2. The van der Waals surface area contributed by atoms with Crippen LogP contribution in [0.15, 0.2) is 153 Å². The second-order valence-corrected chi connectivity index (χ2v) is 14.5. The molecule has 0 heterocycles. The summed E-state index contributed by atoms with van der Waals surface area (Å²) in [6, 6.07) is 10.5. The standard InChI is InChI=1S/C35H26N4O11S2/c40-31-25(15-13-19-5-3-11-27(29(19)31)51(45,46)47)38-33(42)21-7-1-9-23(17-21)36-35(44)37-24-10-2-8-22(18-24)34(43)39-26-16-14-20-6-4-12-28(52(48,49)50)30(20)32(26)41/h1-18,27-28,40-41H,(H2,36,37,44)(H,45,46,47)(H,48,49,50). The van der Waals surface area contributed by atoms with Crippen LogP contribution in [0.3, 0.4) is 0 Å². The molecule has 2 aromatic carbocycles. The van der Waals surface area contributed by atoms with Gasteiger partial charge in [-0.3, -0.25) is 18.7 Å². The number of aliphatic imine (C=N–C) groups is 2. The lowest BCUT2D eigenvalue weighted by molar-refractivity contribution is 0.0994. The maximum Gasteiger partial charge on any atom is 0.323 e. The maximum atomic E-state index is 13.0. The third-order valence-electron chi connectivity index (χ3n) is 7.97. The van der Waals surface area contributed by atoms with E-state index in [0.29, 0.717) is 11.1 Å². The number of aliphatic hydroxyl groups is 2. The lowest BCUT2D eigenvalue weighted by atomic mass is 9.90. The smallest absolute Gasteiger partial charge is 0.323 e. The number of aliphatic hydroxyl groups excluding tert-OH is 2. The topological polar surface area (TPSA) is 249 Å². The Bertz CT molecular complexity index is 2330. The molecule has 2 atom stereocenters. The van der Waals surface area contributed by atoms with Crippen molar-refractivity contribution in [2.75, 3.05) is 10.6 Å². The first-order valence-corrected chi connectivity index (χ1v) is 18.1.